The summed E-state index contributed by atoms with van der Waals surface area (Å²) in [4.78, 5) is 26.8. The number of hydrogen-bond acceptors (Lipinski definition) is 5. The van der Waals surface area contributed by atoms with Crippen molar-refractivity contribution in [3.05, 3.63) is 33.6 Å². The van der Waals surface area contributed by atoms with Gasteiger partial charge >= 0.3 is 0 Å². The maximum Gasteiger partial charge on any atom is 0.254 e. The minimum Gasteiger partial charge on any atom is -0.355 e. The van der Waals surface area contributed by atoms with Gasteiger partial charge in [0, 0.05) is 30.4 Å². The number of H-pyrrole nitrogens is 1. The van der Waals surface area contributed by atoms with Crippen LogP contribution in [0, 0.1) is 0 Å². The fourth-order valence-corrected chi connectivity index (χ4v) is 4.49. The Bertz CT molecular complexity index is 834. The molecule has 0 atom stereocenters. The Balaban J connectivity index is 1.41. The second kappa shape index (κ2) is 5.65. The van der Waals surface area contributed by atoms with Crippen LogP contribution in [0.3, 0.4) is 0 Å². The highest BCUT2D eigenvalue weighted by Gasteiger charge is 2.30. The largest absolute Gasteiger partial charge is 0.355 e. The van der Waals surface area contributed by atoms with Gasteiger partial charge < -0.3 is 14.5 Å². The van der Waals surface area contributed by atoms with Gasteiger partial charge in [-0.2, -0.15) is 0 Å². The molecular formula is C17H21N5OS. The molecule has 0 bridgehead atoms. The lowest BCUT2D eigenvalue weighted by atomic mass is 10.2. The van der Waals surface area contributed by atoms with Crippen molar-refractivity contribution in [1.29, 1.82) is 0 Å². The van der Waals surface area contributed by atoms with E-state index >= 15 is 0 Å². The topological polar surface area (TPSA) is 66.8 Å². The predicted molar refractivity (Wildman–Crippen MR) is 93.8 cm³/mol. The summed E-state index contributed by atoms with van der Waals surface area (Å²) in [5, 5.41) is 0.749. The molecule has 3 aliphatic rings. The van der Waals surface area contributed by atoms with Crippen LogP contribution in [0.4, 0.5) is 5.82 Å². The van der Waals surface area contributed by atoms with E-state index in [1.807, 2.05) is 6.33 Å². The van der Waals surface area contributed by atoms with Crippen molar-refractivity contribution >= 4 is 17.6 Å². The zero-order valence-electron chi connectivity index (χ0n) is 13.6. The van der Waals surface area contributed by atoms with E-state index in [1.54, 1.807) is 11.8 Å². The van der Waals surface area contributed by atoms with Crippen LogP contribution in [0.5, 0.6) is 0 Å². The van der Waals surface area contributed by atoms with E-state index in [4.69, 9.17) is 0 Å². The van der Waals surface area contributed by atoms with Crippen molar-refractivity contribution in [3.8, 4) is 0 Å². The molecule has 0 unspecified atom stereocenters. The van der Waals surface area contributed by atoms with Crippen molar-refractivity contribution in [2.75, 3.05) is 18.0 Å². The molecule has 2 fully saturated rings. The molecule has 2 aliphatic carbocycles. The number of aromatic amines is 1. The molecule has 1 N–H and O–H groups in total. The number of aromatic nitrogens is 4. The van der Waals surface area contributed by atoms with Gasteiger partial charge in [0.15, 0.2) is 11.0 Å². The highest BCUT2D eigenvalue weighted by molar-refractivity contribution is 7.98. The first kappa shape index (κ1) is 14.6. The number of fused-ring (bicyclic) bond motifs is 1. The summed E-state index contributed by atoms with van der Waals surface area (Å²) >= 11 is 1.63. The average molecular weight is 343 g/mol. The Morgan fingerprint density at radius 2 is 2.12 bits per heavy atom. The molecule has 3 heterocycles. The fourth-order valence-electron chi connectivity index (χ4n) is 3.60. The maximum absolute atomic E-state index is 12.2. The third-order valence-corrected chi connectivity index (χ3v) is 6.12. The zero-order valence-corrected chi connectivity index (χ0v) is 14.4. The number of aryl methyl sites for hydroxylation is 1. The first-order valence-corrected chi connectivity index (χ1v) is 9.83. The Morgan fingerprint density at radius 3 is 2.88 bits per heavy atom. The summed E-state index contributed by atoms with van der Waals surface area (Å²) < 4.78 is 2.34. The van der Waals surface area contributed by atoms with Crippen LogP contribution in [0.15, 0.2) is 16.3 Å². The van der Waals surface area contributed by atoms with Gasteiger partial charge in [-0.05, 0) is 38.5 Å². The lowest BCUT2D eigenvalue weighted by molar-refractivity contribution is 0.607. The highest BCUT2D eigenvalue weighted by Crippen LogP contribution is 2.40. The van der Waals surface area contributed by atoms with Crippen LogP contribution >= 0.6 is 11.8 Å². The molecule has 0 amide bonds. The summed E-state index contributed by atoms with van der Waals surface area (Å²) in [5.74, 6) is 1.94. The first-order valence-electron chi connectivity index (χ1n) is 8.85. The van der Waals surface area contributed by atoms with Crippen molar-refractivity contribution in [1.82, 2.24) is 19.5 Å². The smallest absolute Gasteiger partial charge is 0.254 e. The van der Waals surface area contributed by atoms with E-state index in [9.17, 15) is 4.79 Å². The molecule has 6 nitrogen and oxygen atoms in total. The molecule has 2 aromatic heterocycles. The number of anilines is 1. The Morgan fingerprint density at radius 1 is 1.25 bits per heavy atom. The zero-order chi connectivity index (χ0) is 16.1. The van der Waals surface area contributed by atoms with Crippen molar-refractivity contribution < 1.29 is 0 Å². The van der Waals surface area contributed by atoms with Crippen LogP contribution < -0.4 is 10.5 Å². The third-order valence-electron chi connectivity index (χ3n) is 5.24. The van der Waals surface area contributed by atoms with Gasteiger partial charge in [0.05, 0.1) is 17.7 Å². The third kappa shape index (κ3) is 2.46. The molecular weight excluding hydrogens is 322 g/mol. The van der Waals surface area contributed by atoms with Gasteiger partial charge in [0.1, 0.15) is 0 Å². The molecule has 2 aromatic rings. The van der Waals surface area contributed by atoms with Crippen LogP contribution in [-0.4, -0.2) is 32.6 Å². The van der Waals surface area contributed by atoms with E-state index in [-0.39, 0.29) is 5.56 Å². The van der Waals surface area contributed by atoms with Crippen LogP contribution in [0.2, 0.25) is 0 Å². The van der Waals surface area contributed by atoms with E-state index in [0.29, 0.717) is 6.04 Å². The number of nitrogens with zero attached hydrogens (tertiary/aromatic N) is 4. The summed E-state index contributed by atoms with van der Waals surface area (Å²) in [6, 6.07) is 0.621. The quantitative estimate of drug-likeness (QED) is 0.666. The van der Waals surface area contributed by atoms with E-state index in [0.717, 1.165) is 60.3 Å². The lowest BCUT2D eigenvalue weighted by Crippen LogP contribution is -2.38. The van der Waals surface area contributed by atoms with Crippen molar-refractivity contribution in [2.24, 2.45) is 0 Å². The number of nitrogens with one attached hydrogen (secondary N) is 1. The number of rotatable bonds is 5. The van der Waals surface area contributed by atoms with Gasteiger partial charge in [-0.3, -0.25) is 4.79 Å². The Kier molecular flexibility index (Phi) is 3.43. The lowest BCUT2D eigenvalue weighted by Gasteiger charge is -2.32. The van der Waals surface area contributed by atoms with Crippen molar-refractivity contribution in [3.63, 3.8) is 0 Å². The SMILES string of the molecule is O=c1[nH]c(SCc2c(N3CCC3)ncn2C2CC2)nc2c1CCC2. The fraction of sp³-hybridized carbons (Fsp3) is 0.588. The molecule has 126 valence electrons. The summed E-state index contributed by atoms with van der Waals surface area (Å²) in [6.07, 6.45) is 8.61. The predicted octanol–water partition coefficient (Wildman–Crippen LogP) is 2.29. The minimum atomic E-state index is 0.0543. The standard InChI is InChI=1S/C17H21N5OS/c23-16-12-3-1-4-13(12)19-17(20-16)24-9-14-15(21-7-2-8-21)18-10-22(14)11-5-6-11/h10-11H,1-9H2,(H,19,20,23). The molecule has 24 heavy (non-hydrogen) atoms. The molecule has 0 spiro atoms. The molecule has 1 aliphatic heterocycles. The van der Waals surface area contributed by atoms with Crippen LogP contribution in [0.25, 0.3) is 0 Å². The molecule has 1 saturated heterocycles. The molecule has 7 heteroatoms. The highest BCUT2D eigenvalue weighted by atomic mass is 32.2. The molecule has 5 rings (SSSR count). The second-order valence-corrected chi connectivity index (χ2v) is 7.90. The second-order valence-electron chi connectivity index (χ2n) is 6.93. The van der Waals surface area contributed by atoms with Gasteiger partial charge in [-0.25, -0.2) is 9.97 Å². The molecule has 0 radical (unpaired) electrons. The van der Waals surface area contributed by atoms with Gasteiger partial charge in [0.2, 0.25) is 0 Å². The van der Waals surface area contributed by atoms with Crippen LogP contribution in [-0.2, 0) is 18.6 Å². The minimum absolute atomic E-state index is 0.0543. The summed E-state index contributed by atoms with van der Waals surface area (Å²) in [6.45, 7) is 2.21. The van der Waals surface area contributed by atoms with E-state index in [2.05, 4.69) is 24.4 Å². The summed E-state index contributed by atoms with van der Waals surface area (Å²) in [7, 11) is 0. The first-order chi connectivity index (χ1) is 11.8. The number of hydrogen-bond donors (Lipinski definition) is 1. The molecule has 0 aromatic carbocycles. The van der Waals surface area contributed by atoms with E-state index < -0.39 is 0 Å². The monoisotopic (exact) mass is 343 g/mol. The number of thioether (sulfide) groups is 1. The van der Waals surface area contributed by atoms with Gasteiger partial charge in [-0.15, -0.1) is 0 Å². The van der Waals surface area contributed by atoms with Crippen molar-refractivity contribution in [2.45, 2.75) is 55.5 Å². The normalized spacial score (nSPS) is 19.4. The van der Waals surface area contributed by atoms with E-state index in [1.165, 1.54) is 25.0 Å². The van der Waals surface area contributed by atoms with Crippen LogP contribution in [0.1, 0.15) is 48.7 Å². The molecule has 1 saturated carbocycles. The number of imidazole rings is 1. The summed E-state index contributed by atoms with van der Waals surface area (Å²) in [5.41, 5.74) is 3.23. The Labute approximate surface area is 144 Å². The maximum atomic E-state index is 12.2. The van der Waals surface area contributed by atoms with Gasteiger partial charge in [-0.1, -0.05) is 11.8 Å². The Hall–Kier alpha value is -1.76. The van der Waals surface area contributed by atoms with Gasteiger partial charge in [0.25, 0.3) is 5.56 Å². The average Bonchev–Trinajstić information content (AvgIpc) is 3.10.